The summed E-state index contributed by atoms with van der Waals surface area (Å²) in [6.07, 6.45) is 0.243. The van der Waals surface area contributed by atoms with Crippen LogP contribution in [0.2, 0.25) is 0 Å². The Bertz CT molecular complexity index is 333. The Hall–Kier alpha value is -1.09. The molecule has 0 bridgehead atoms. The lowest BCUT2D eigenvalue weighted by atomic mass is 10.2. The molecule has 0 saturated carbocycles. The molecule has 1 aromatic carbocycles. The van der Waals surface area contributed by atoms with E-state index in [1.165, 1.54) is 11.4 Å². The maximum Gasteiger partial charge on any atom is 0.131 e. The second kappa shape index (κ2) is 4.19. The molecule has 1 aliphatic rings. The first-order valence-corrected chi connectivity index (χ1v) is 5.88. The standard InChI is InChI=1S/C12H16N2S/c1-3-13-10-7-5-6-8-11(10)14(4-2)12(13)9-15/h5-9,12H,3-4H2,1-2H3. The fourth-order valence-corrected chi connectivity index (χ4v) is 2.56. The highest BCUT2D eigenvalue weighted by molar-refractivity contribution is 7.79. The van der Waals surface area contributed by atoms with Crippen molar-refractivity contribution in [2.24, 2.45) is 0 Å². The first-order valence-electron chi connectivity index (χ1n) is 5.41. The van der Waals surface area contributed by atoms with Gasteiger partial charge in [-0.2, -0.15) is 0 Å². The Morgan fingerprint density at radius 1 is 1.13 bits per heavy atom. The molecule has 2 nitrogen and oxygen atoms in total. The number of fused-ring (bicyclic) bond motifs is 1. The van der Waals surface area contributed by atoms with Crippen LogP contribution < -0.4 is 9.80 Å². The largest absolute Gasteiger partial charge is 0.346 e. The van der Waals surface area contributed by atoms with Crippen LogP contribution in [0.15, 0.2) is 24.3 Å². The van der Waals surface area contributed by atoms with Gasteiger partial charge in [0.2, 0.25) is 0 Å². The second-order valence-electron chi connectivity index (χ2n) is 3.61. The van der Waals surface area contributed by atoms with Gasteiger partial charge >= 0.3 is 0 Å². The van der Waals surface area contributed by atoms with Gasteiger partial charge in [-0.3, -0.25) is 0 Å². The van der Waals surface area contributed by atoms with Crippen LogP contribution in [0, 0.1) is 0 Å². The number of benzene rings is 1. The van der Waals surface area contributed by atoms with E-state index in [4.69, 9.17) is 12.2 Å². The molecule has 0 N–H and O–H groups in total. The molecule has 0 radical (unpaired) electrons. The van der Waals surface area contributed by atoms with Crippen molar-refractivity contribution in [3.05, 3.63) is 24.3 Å². The zero-order valence-electron chi connectivity index (χ0n) is 9.18. The van der Waals surface area contributed by atoms with Gasteiger partial charge in [0.1, 0.15) is 6.17 Å². The predicted octanol–water partition coefficient (Wildman–Crippen LogP) is 2.68. The smallest absolute Gasteiger partial charge is 0.131 e. The van der Waals surface area contributed by atoms with E-state index in [9.17, 15) is 0 Å². The fourth-order valence-electron chi connectivity index (χ4n) is 2.26. The predicted molar refractivity (Wildman–Crippen MR) is 69.9 cm³/mol. The van der Waals surface area contributed by atoms with E-state index in [0.29, 0.717) is 0 Å². The summed E-state index contributed by atoms with van der Waals surface area (Å²) in [6.45, 7) is 6.32. The van der Waals surface area contributed by atoms with Crippen LogP contribution in [-0.4, -0.2) is 24.6 Å². The summed E-state index contributed by atoms with van der Waals surface area (Å²) < 4.78 is 0. The van der Waals surface area contributed by atoms with Crippen LogP contribution in [0.3, 0.4) is 0 Å². The molecule has 0 aliphatic carbocycles. The van der Waals surface area contributed by atoms with Crippen molar-refractivity contribution in [1.82, 2.24) is 0 Å². The maximum atomic E-state index is 5.14. The fraction of sp³-hybridized carbons (Fsp3) is 0.417. The lowest BCUT2D eigenvalue weighted by molar-refractivity contribution is 0.736. The summed E-state index contributed by atoms with van der Waals surface area (Å²) >= 11 is 5.14. The van der Waals surface area contributed by atoms with E-state index < -0.39 is 0 Å². The van der Waals surface area contributed by atoms with Crippen molar-refractivity contribution in [2.75, 3.05) is 22.9 Å². The Morgan fingerprint density at radius 3 is 1.93 bits per heavy atom. The highest BCUT2D eigenvalue weighted by Crippen LogP contribution is 2.38. The van der Waals surface area contributed by atoms with Gasteiger partial charge in [-0.1, -0.05) is 24.4 Å². The molecule has 0 unspecified atom stereocenters. The van der Waals surface area contributed by atoms with Crippen molar-refractivity contribution in [2.45, 2.75) is 20.0 Å². The first kappa shape index (κ1) is 10.4. The zero-order valence-corrected chi connectivity index (χ0v) is 10.00. The minimum absolute atomic E-state index is 0.243. The third kappa shape index (κ3) is 1.51. The van der Waals surface area contributed by atoms with E-state index in [1.807, 2.05) is 5.37 Å². The summed E-state index contributed by atoms with van der Waals surface area (Å²) in [4.78, 5) is 4.68. The molecular formula is C12H16N2S. The molecule has 2 rings (SSSR count). The molecule has 0 fully saturated rings. The number of para-hydroxylation sites is 2. The maximum absolute atomic E-state index is 5.14. The average Bonchev–Trinajstić information content (AvgIpc) is 2.61. The molecule has 0 saturated heterocycles. The monoisotopic (exact) mass is 220 g/mol. The van der Waals surface area contributed by atoms with Gasteiger partial charge in [0.15, 0.2) is 0 Å². The van der Waals surface area contributed by atoms with Crippen LogP contribution in [-0.2, 0) is 0 Å². The molecule has 1 aromatic rings. The number of rotatable bonds is 3. The Kier molecular flexibility index (Phi) is 2.91. The van der Waals surface area contributed by atoms with E-state index >= 15 is 0 Å². The number of thiocarbonyl (C=S) groups is 1. The normalized spacial score (nSPS) is 15.6. The molecule has 0 spiro atoms. The molecule has 3 heteroatoms. The van der Waals surface area contributed by atoms with E-state index in [2.05, 4.69) is 47.9 Å². The van der Waals surface area contributed by atoms with Crippen molar-refractivity contribution in [3.63, 3.8) is 0 Å². The van der Waals surface area contributed by atoms with E-state index in [-0.39, 0.29) is 6.17 Å². The molecular weight excluding hydrogens is 204 g/mol. The minimum atomic E-state index is 0.243. The number of nitrogens with zero attached hydrogens (tertiary/aromatic N) is 2. The van der Waals surface area contributed by atoms with E-state index in [0.717, 1.165) is 13.1 Å². The Morgan fingerprint density at radius 2 is 1.60 bits per heavy atom. The van der Waals surface area contributed by atoms with Gasteiger partial charge in [-0.15, -0.1) is 0 Å². The summed E-state index contributed by atoms with van der Waals surface area (Å²) in [7, 11) is 0. The highest BCUT2D eigenvalue weighted by Gasteiger charge is 2.31. The molecule has 0 amide bonds. The van der Waals surface area contributed by atoms with Crippen LogP contribution in [0.25, 0.3) is 0 Å². The van der Waals surface area contributed by atoms with Crippen molar-refractivity contribution < 1.29 is 0 Å². The van der Waals surface area contributed by atoms with Crippen LogP contribution in [0.4, 0.5) is 11.4 Å². The van der Waals surface area contributed by atoms with Gasteiger partial charge in [0.25, 0.3) is 0 Å². The van der Waals surface area contributed by atoms with Gasteiger partial charge in [-0.05, 0) is 26.0 Å². The molecule has 80 valence electrons. The van der Waals surface area contributed by atoms with Crippen molar-refractivity contribution >= 4 is 29.0 Å². The first-order chi connectivity index (χ1) is 7.33. The molecule has 1 aliphatic heterocycles. The minimum Gasteiger partial charge on any atom is -0.346 e. The summed E-state index contributed by atoms with van der Waals surface area (Å²) in [5.41, 5.74) is 2.60. The third-order valence-corrected chi connectivity index (χ3v) is 3.19. The number of hydrogen-bond donors (Lipinski definition) is 0. The average molecular weight is 220 g/mol. The summed E-state index contributed by atoms with van der Waals surface area (Å²) in [6, 6.07) is 8.50. The lowest BCUT2D eigenvalue weighted by Crippen LogP contribution is -2.43. The SMILES string of the molecule is CCN1c2ccccc2N(CC)C1C=S. The molecule has 15 heavy (non-hydrogen) atoms. The van der Waals surface area contributed by atoms with Gasteiger partial charge < -0.3 is 9.80 Å². The molecule has 0 atom stereocenters. The van der Waals surface area contributed by atoms with Crippen LogP contribution >= 0.6 is 12.2 Å². The zero-order chi connectivity index (χ0) is 10.8. The Balaban J connectivity index is 2.47. The number of hydrogen-bond acceptors (Lipinski definition) is 3. The van der Waals surface area contributed by atoms with Gasteiger partial charge in [-0.25, -0.2) is 0 Å². The molecule has 0 aromatic heterocycles. The van der Waals surface area contributed by atoms with Crippen LogP contribution in [0.1, 0.15) is 13.8 Å². The van der Waals surface area contributed by atoms with E-state index in [1.54, 1.807) is 0 Å². The third-order valence-electron chi connectivity index (χ3n) is 2.94. The van der Waals surface area contributed by atoms with Gasteiger partial charge in [0, 0.05) is 18.5 Å². The topological polar surface area (TPSA) is 6.48 Å². The van der Waals surface area contributed by atoms with Crippen molar-refractivity contribution in [1.29, 1.82) is 0 Å². The van der Waals surface area contributed by atoms with Crippen molar-refractivity contribution in [3.8, 4) is 0 Å². The van der Waals surface area contributed by atoms with Crippen LogP contribution in [0.5, 0.6) is 0 Å². The Labute approximate surface area is 96.5 Å². The van der Waals surface area contributed by atoms with Gasteiger partial charge in [0.05, 0.1) is 11.4 Å². The quantitative estimate of drug-likeness (QED) is 0.723. The highest BCUT2D eigenvalue weighted by atomic mass is 32.1. The summed E-state index contributed by atoms with van der Waals surface area (Å²) in [5, 5.41) is 1.85. The molecule has 1 heterocycles. The summed E-state index contributed by atoms with van der Waals surface area (Å²) in [5.74, 6) is 0. The second-order valence-corrected chi connectivity index (χ2v) is 3.88. The number of anilines is 2. The lowest BCUT2D eigenvalue weighted by Gasteiger charge is -2.28.